The second-order valence-corrected chi connectivity index (χ2v) is 7.27. The van der Waals surface area contributed by atoms with E-state index in [4.69, 9.17) is 4.74 Å². The predicted molar refractivity (Wildman–Crippen MR) is 111 cm³/mol. The van der Waals surface area contributed by atoms with Gasteiger partial charge in [-0.3, -0.25) is 23.9 Å². The zero-order valence-electron chi connectivity index (χ0n) is 15.3. The number of benzene rings is 2. The topological polar surface area (TPSA) is 78.3 Å². The zero-order chi connectivity index (χ0) is 20.2. The van der Waals surface area contributed by atoms with E-state index in [0.29, 0.717) is 35.7 Å². The van der Waals surface area contributed by atoms with Gasteiger partial charge in [-0.15, -0.1) is 0 Å². The summed E-state index contributed by atoms with van der Waals surface area (Å²) in [7, 11) is 0. The van der Waals surface area contributed by atoms with Crippen LogP contribution in [0.4, 0.5) is 0 Å². The highest BCUT2D eigenvalue weighted by Gasteiger charge is 2.14. The Hall–Kier alpha value is -3.58. The molecule has 0 spiro atoms. The number of ketones is 1. The molecule has 0 aliphatic rings. The van der Waals surface area contributed by atoms with Crippen LogP contribution in [-0.2, 0) is 6.54 Å². The SMILES string of the molecule is O=Cc1ccc(OCCn2c(=O)sc3cc(C(=O)c4ccccn4)ccc32)cc1. The molecule has 0 radical (unpaired) electrons. The molecule has 0 aliphatic carbocycles. The Balaban J connectivity index is 1.51. The third kappa shape index (κ3) is 4.00. The lowest BCUT2D eigenvalue weighted by Crippen LogP contribution is -2.17. The van der Waals surface area contributed by atoms with Crippen molar-refractivity contribution in [2.24, 2.45) is 0 Å². The van der Waals surface area contributed by atoms with Gasteiger partial charge in [-0.2, -0.15) is 0 Å². The number of rotatable bonds is 7. The normalized spacial score (nSPS) is 10.8. The first-order valence-corrected chi connectivity index (χ1v) is 9.74. The summed E-state index contributed by atoms with van der Waals surface area (Å²) in [6.07, 6.45) is 2.35. The van der Waals surface area contributed by atoms with Crippen LogP contribution >= 0.6 is 11.3 Å². The van der Waals surface area contributed by atoms with Crippen LogP contribution in [0.5, 0.6) is 5.75 Å². The molecule has 0 aliphatic heterocycles. The number of carbonyl (C=O) groups excluding carboxylic acids is 2. The molecule has 2 heterocycles. The summed E-state index contributed by atoms with van der Waals surface area (Å²) in [5.74, 6) is 0.452. The van der Waals surface area contributed by atoms with E-state index in [0.717, 1.165) is 27.8 Å². The van der Waals surface area contributed by atoms with Crippen molar-refractivity contribution in [1.29, 1.82) is 0 Å². The molecule has 2 aromatic carbocycles. The van der Waals surface area contributed by atoms with Gasteiger partial charge >= 0.3 is 4.87 Å². The summed E-state index contributed by atoms with van der Waals surface area (Å²) in [5.41, 5.74) is 2.20. The fourth-order valence-electron chi connectivity index (χ4n) is 2.96. The van der Waals surface area contributed by atoms with Gasteiger partial charge in [0, 0.05) is 17.3 Å². The van der Waals surface area contributed by atoms with Crippen LogP contribution in [0.1, 0.15) is 26.4 Å². The van der Waals surface area contributed by atoms with Gasteiger partial charge in [0.15, 0.2) is 0 Å². The first-order valence-electron chi connectivity index (χ1n) is 8.93. The Labute approximate surface area is 170 Å². The number of aromatic nitrogens is 2. The van der Waals surface area contributed by atoms with Crippen LogP contribution in [0.3, 0.4) is 0 Å². The minimum absolute atomic E-state index is 0.109. The summed E-state index contributed by atoms with van der Waals surface area (Å²) < 4.78 is 8.05. The number of ether oxygens (including phenoxy) is 1. The van der Waals surface area contributed by atoms with Crippen molar-refractivity contribution >= 4 is 33.6 Å². The van der Waals surface area contributed by atoms with Crippen molar-refractivity contribution in [3.8, 4) is 5.75 Å². The number of fused-ring (bicyclic) bond motifs is 1. The van der Waals surface area contributed by atoms with Crippen molar-refractivity contribution in [2.75, 3.05) is 6.61 Å². The van der Waals surface area contributed by atoms with Crippen LogP contribution in [-0.4, -0.2) is 28.2 Å². The van der Waals surface area contributed by atoms with Gasteiger partial charge in [0.1, 0.15) is 24.3 Å². The van der Waals surface area contributed by atoms with E-state index in [1.165, 1.54) is 0 Å². The van der Waals surface area contributed by atoms with Gasteiger partial charge in [0.05, 0.1) is 16.8 Å². The Kier molecular flexibility index (Phi) is 5.31. The fraction of sp³-hybridized carbons (Fsp3) is 0.0909. The Bertz CT molecular complexity index is 1230. The van der Waals surface area contributed by atoms with Gasteiger partial charge in [-0.25, -0.2) is 0 Å². The van der Waals surface area contributed by atoms with Crippen molar-refractivity contribution in [3.63, 3.8) is 0 Å². The van der Waals surface area contributed by atoms with Crippen molar-refractivity contribution in [1.82, 2.24) is 9.55 Å². The van der Waals surface area contributed by atoms with Crippen LogP contribution in [0.2, 0.25) is 0 Å². The highest BCUT2D eigenvalue weighted by Crippen LogP contribution is 2.21. The van der Waals surface area contributed by atoms with E-state index in [2.05, 4.69) is 4.98 Å². The smallest absolute Gasteiger partial charge is 0.308 e. The third-order valence-electron chi connectivity index (χ3n) is 4.43. The monoisotopic (exact) mass is 404 g/mol. The molecule has 0 saturated heterocycles. The number of carbonyl (C=O) groups is 2. The van der Waals surface area contributed by atoms with Crippen LogP contribution in [0.15, 0.2) is 71.7 Å². The molecular weight excluding hydrogens is 388 g/mol. The average Bonchev–Trinajstić information content (AvgIpc) is 3.08. The number of aldehydes is 1. The quantitative estimate of drug-likeness (QED) is 0.348. The molecule has 7 heteroatoms. The van der Waals surface area contributed by atoms with Crippen molar-refractivity contribution < 1.29 is 14.3 Å². The molecule has 0 amide bonds. The molecule has 0 N–H and O–H groups in total. The van der Waals surface area contributed by atoms with E-state index >= 15 is 0 Å². The molecule has 4 rings (SSSR count). The zero-order valence-corrected chi connectivity index (χ0v) is 16.1. The lowest BCUT2D eigenvalue weighted by Gasteiger charge is -2.08. The van der Waals surface area contributed by atoms with Gasteiger partial charge in [-0.1, -0.05) is 17.4 Å². The van der Waals surface area contributed by atoms with Crippen LogP contribution in [0.25, 0.3) is 10.2 Å². The highest BCUT2D eigenvalue weighted by molar-refractivity contribution is 7.16. The molecule has 144 valence electrons. The molecule has 0 bridgehead atoms. The molecular formula is C22H16N2O4S. The summed E-state index contributed by atoms with van der Waals surface area (Å²) >= 11 is 1.10. The second-order valence-electron chi connectivity index (χ2n) is 6.28. The number of thiazole rings is 1. The van der Waals surface area contributed by atoms with Crippen molar-refractivity contribution in [2.45, 2.75) is 6.54 Å². The Morgan fingerprint density at radius 3 is 2.66 bits per heavy atom. The maximum absolute atomic E-state index is 12.6. The van der Waals surface area contributed by atoms with Gasteiger partial charge in [0.2, 0.25) is 5.78 Å². The molecule has 0 unspecified atom stereocenters. The lowest BCUT2D eigenvalue weighted by molar-refractivity contribution is 0.103. The average molecular weight is 404 g/mol. The molecule has 0 atom stereocenters. The molecule has 29 heavy (non-hydrogen) atoms. The third-order valence-corrected chi connectivity index (χ3v) is 5.37. The molecule has 0 fully saturated rings. The summed E-state index contributed by atoms with van der Waals surface area (Å²) in [6, 6.07) is 17.2. The van der Waals surface area contributed by atoms with Crippen molar-refractivity contribution in [3.05, 3.63) is 93.3 Å². The molecule has 6 nitrogen and oxygen atoms in total. The Morgan fingerprint density at radius 1 is 1.10 bits per heavy atom. The van der Waals surface area contributed by atoms with E-state index in [1.54, 1.807) is 71.4 Å². The first-order chi connectivity index (χ1) is 14.2. The summed E-state index contributed by atoms with van der Waals surface area (Å²) in [4.78, 5) is 39.7. The lowest BCUT2D eigenvalue weighted by atomic mass is 10.1. The Morgan fingerprint density at radius 2 is 1.93 bits per heavy atom. The molecule has 4 aromatic rings. The molecule has 0 saturated carbocycles. The van der Waals surface area contributed by atoms with Crippen LogP contribution in [0, 0.1) is 0 Å². The van der Waals surface area contributed by atoms with E-state index in [1.807, 2.05) is 0 Å². The first kappa shape index (κ1) is 18.8. The minimum Gasteiger partial charge on any atom is -0.492 e. The van der Waals surface area contributed by atoms with Gasteiger partial charge < -0.3 is 4.74 Å². The highest BCUT2D eigenvalue weighted by atomic mass is 32.1. The maximum atomic E-state index is 12.6. The predicted octanol–water partition coefficient (Wildman–Crippen LogP) is 3.58. The molecule has 2 aromatic heterocycles. The second kappa shape index (κ2) is 8.20. The number of hydrogen-bond donors (Lipinski definition) is 0. The number of nitrogens with zero attached hydrogens (tertiary/aromatic N) is 2. The standard InChI is InChI=1S/C22H16N2O4S/c25-14-15-4-7-17(8-5-15)28-12-11-24-19-9-6-16(13-20(19)29-22(24)27)21(26)18-3-1-2-10-23-18/h1-10,13-14H,11-12H2. The summed E-state index contributed by atoms with van der Waals surface area (Å²) in [6.45, 7) is 0.683. The summed E-state index contributed by atoms with van der Waals surface area (Å²) in [5, 5.41) is 0. The van der Waals surface area contributed by atoms with Crippen LogP contribution < -0.4 is 9.61 Å². The van der Waals surface area contributed by atoms with E-state index in [-0.39, 0.29) is 10.7 Å². The minimum atomic E-state index is -0.179. The number of hydrogen-bond acceptors (Lipinski definition) is 6. The largest absolute Gasteiger partial charge is 0.492 e. The maximum Gasteiger partial charge on any atom is 0.308 e. The number of pyridine rings is 1. The van der Waals surface area contributed by atoms with E-state index < -0.39 is 0 Å². The van der Waals surface area contributed by atoms with E-state index in [9.17, 15) is 14.4 Å². The van der Waals surface area contributed by atoms with Gasteiger partial charge in [-0.05, 0) is 54.6 Å². The fourth-order valence-corrected chi connectivity index (χ4v) is 3.92. The van der Waals surface area contributed by atoms with Gasteiger partial charge in [0.25, 0.3) is 0 Å².